The quantitative estimate of drug-likeness (QED) is 0.635. The van der Waals surface area contributed by atoms with E-state index in [1.165, 1.54) is 0 Å². The maximum atomic E-state index is 5.45. The van der Waals surface area contributed by atoms with Crippen LogP contribution < -0.4 is 11.3 Å². The van der Waals surface area contributed by atoms with Gasteiger partial charge in [-0.15, -0.1) is 0 Å². The highest BCUT2D eigenvalue weighted by Crippen LogP contribution is 2.23. The molecule has 2 heterocycles. The largest absolute Gasteiger partial charge is 0.308 e. The summed E-state index contributed by atoms with van der Waals surface area (Å²) in [7, 11) is 1.90. The molecule has 0 unspecified atom stereocenters. The second kappa shape index (κ2) is 4.73. The highest BCUT2D eigenvalue weighted by Gasteiger charge is 2.13. The average Bonchev–Trinajstić information content (AvgIpc) is 2.69. The first-order valence-corrected chi connectivity index (χ1v) is 5.87. The number of nitrogens with zero attached hydrogens (tertiary/aromatic N) is 4. The number of nitrogens with one attached hydrogen (secondary N) is 1. The van der Waals surface area contributed by atoms with Crippen LogP contribution in [0.4, 0.5) is 5.82 Å². The molecule has 0 spiro atoms. The van der Waals surface area contributed by atoms with Crippen LogP contribution >= 0.6 is 0 Å². The molecule has 2 rings (SSSR count). The third-order valence-corrected chi connectivity index (χ3v) is 2.96. The summed E-state index contributed by atoms with van der Waals surface area (Å²) in [4.78, 5) is 8.94. The second-order valence-corrected chi connectivity index (χ2v) is 4.57. The van der Waals surface area contributed by atoms with Crippen molar-refractivity contribution in [2.75, 3.05) is 5.43 Å². The molecule has 0 amide bonds. The Labute approximate surface area is 106 Å². The van der Waals surface area contributed by atoms with Gasteiger partial charge in [0.05, 0.1) is 11.8 Å². The number of hydrogen-bond acceptors (Lipinski definition) is 5. The van der Waals surface area contributed by atoms with Crippen molar-refractivity contribution in [1.82, 2.24) is 19.7 Å². The predicted molar refractivity (Wildman–Crippen MR) is 70.9 cm³/mol. The van der Waals surface area contributed by atoms with Crippen molar-refractivity contribution in [2.24, 2.45) is 12.9 Å². The number of hydrazine groups is 1. The molecule has 0 fully saturated rings. The molecular formula is C12H18N6. The number of hydrogen-bond donors (Lipinski definition) is 2. The average molecular weight is 246 g/mol. The normalized spacial score (nSPS) is 11.0. The Morgan fingerprint density at radius 1 is 1.33 bits per heavy atom. The van der Waals surface area contributed by atoms with Crippen molar-refractivity contribution in [3.63, 3.8) is 0 Å². The fraction of sp³-hybridized carbons (Fsp3) is 0.417. The zero-order valence-electron chi connectivity index (χ0n) is 11.1. The van der Waals surface area contributed by atoms with Gasteiger partial charge in [-0.2, -0.15) is 5.10 Å². The first-order valence-electron chi connectivity index (χ1n) is 5.87. The monoisotopic (exact) mass is 246 g/mol. The van der Waals surface area contributed by atoms with E-state index in [1.807, 2.05) is 20.0 Å². The van der Waals surface area contributed by atoms with Gasteiger partial charge in [-0.25, -0.2) is 15.8 Å². The summed E-state index contributed by atoms with van der Waals surface area (Å²) in [6.07, 6.45) is 1.77. The van der Waals surface area contributed by atoms with E-state index in [0.717, 1.165) is 17.0 Å². The molecule has 6 nitrogen and oxygen atoms in total. The minimum absolute atomic E-state index is 0.316. The molecule has 0 aromatic carbocycles. The van der Waals surface area contributed by atoms with Crippen molar-refractivity contribution in [3.05, 3.63) is 23.7 Å². The third-order valence-electron chi connectivity index (χ3n) is 2.96. The molecular weight excluding hydrogens is 228 g/mol. The number of anilines is 1. The SMILES string of the molecule is Cc1c(-c2nc(NN)cc(C(C)C)n2)cnn1C. The minimum atomic E-state index is 0.316. The highest BCUT2D eigenvalue weighted by molar-refractivity contribution is 5.59. The topological polar surface area (TPSA) is 81.7 Å². The number of aromatic nitrogens is 4. The van der Waals surface area contributed by atoms with Gasteiger partial charge in [-0.3, -0.25) is 4.68 Å². The van der Waals surface area contributed by atoms with Gasteiger partial charge in [-0.1, -0.05) is 13.8 Å². The highest BCUT2D eigenvalue weighted by atomic mass is 15.3. The molecule has 3 N–H and O–H groups in total. The summed E-state index contributed by atoms with van der Waals surface area (Å²) in [5.74, 6) is 7.03. The zero-order chi connectivity index (χ0) is 13.3. The Balaban J connectivity index is 2.56. The maximum Gasteiger partial charge on any atom is 0.165 e. The lowest BCUT2D eigenvalue weighted by molar-refractivity contribution is 0.740. The van der Waals surface area contributed by atoms with E-state index in [-0.39, 0.29) is 0 Å². The third kappa shape index (κ3) is 2.19. The summed E-state index contributed by atoms with van der Waals surface area (Å²) in [6, 6.07) is 1.86. The van der Waals surface area contributed by atoms with E-state index in [2.05, 4.69) is 34.3 Å². The van der Waals surface area contributed by atoms with Crippen LogP contribution in [-0.4, -0.2) is 19.7 Å². The first-order chi connectivity index (χ1) is 8.52. The lowest BCUT2D eigenvalue weighted by atomic mass is 10.1. The zero-order valence-corrected chi connectivity index (χ0v) is 11.1. The molecule has 0 aliphatic rings. The molecule has 2 aromatic rings. The van der Waals surface area contributed by atoms with Gasteiger partial charge < -0.3 is 5.43 Å². The summed E-state index contributed by atoms with van der Waals surface area (Å²) < 4.78 is 1.80. The van der Waals surface area contributed by atoms with E-state index >= 15 is 0 Å². The van der Waals surface area contributed by atoms with Gasteiger partial charge in [0.15, 0.2) is 5.82 Å². The van der Waals surface area contributed by atoms with Crippen molar-refractivity contribution in [3.8, 4) is 11.4 Å². The Morgan fingerprint density at radius 2 is 2.06 bits per heavy atom. The Kier molecular flexibility index (Phi) is 3.29. The van der Waals surface area contributed by atoms with Crippen LogP contribution in [-0.2, 0) is 7.05 Å². The van der Waals surface area contributed by atoms with Gasteiger partial charge in [0, 0.05) is 24.5 Å². The van der Waals surface area contributed by atoms with Gasteiger partial charge in [0.25, 0.3) is 0 Å². The molecule has 0 radical (unpaired) electrons. The fourth-order valence-electron chi connectivity index (χ4n) is 1.67. The summed E-state index contributed by atoms with van der Waals surface area (Å²) in [6.45, 7) is 6.16. The Bertz CT molecular complexity index is 558. The molecule has 0 bridgehead atoms. The molecule has 0 saturated heterocycles. The van der Waals surface area contributed by atoms with E-state index in [0.29, 0.717) is 17.6 Å². The van der Waals surface area contributed by atoms with Crippen LogP contribution in [0.1, 0.15) is 31.2 Å². The van der Waals surface area contributed by atoms with Crippen LogP contribution in [0.2, 0.25) is 0 Å². The standard InChI is InChI=1S/C12H18N6/c1-7(2)10-5-11(17-13)16-12(15-10)9-6-14-18(4)8(9)3/h5-7H,13H2,1-4H3,(H,15,16,17). The van der Waals surface area contributed by atoms with E-state index in [4.69, 9.17) is 5.84 Å². The minimum Gasteiger partial charge on any atom is -0.308 e. The molecule has 2 aromatic heterocycles. The summed E-state index contributed by atoms with van der Waals surface area (Å²) >= 11 is 0. The fourth-order valence-corrected chi connectivity index (χ4v) is 1.67. The second-order valence-electron chi connectivity index (χ2n) is 4.57. The van der Waals surface area contributed by atoms with Crippen molar-refractivity contribution in [1.29, 1.82) is 0 Å². The molecule has 96 valence electrons. The number of nitrogen functional groups attached to an aromatic ring is 1. The number of nitrogens with two attached hydrogens (primary N) is 1. The molecule has 18 heavy (non-hydrogen) atoms. The molecule has 0 aliphatic heterocycles. The Hall–Kier alpha value is -1.95. The lowest BCUT2D eigenvalue weighted by Crippen LogP contribution is -2.11. The first kappa shape index (κ1) is 12.5. The predicted octanol–water partition coefficient (Wildman–Crippen LogP) is 1.59. The van der Waals surface area contributed by atoms with Crippen molar-refractivity contribution < 1.29 is 0 Å². The smallest absolute Gasteiger partial charge is 0.165 e. The van der Waals surface area contributed by atoms with Gasteiger partial charge in [0.1, 0.15) is 5.82 Å². The van der Waals surface area contributed by atoms with Crippen LogP contribution in [0.5, 0.6) is 0 Å². The molecule has 0 aliphatic carbocycles. The van der Waals surface area contributed by atoms with Gasteiger partial charge in [-0.05, 0) is 12.8 Å². The van der Waals surface area contributed by atoms with E-state index in [9.17, 15) is 0 Å². The van der Waals surface area contributed by atoms with Crippen LogP contribution in [0.3, 0.4) is 0 Å². The summed E-state index contributed by atoms with van der Waals surface area (Å²) in [5.41, 5.74) is 5.49. The number of aryl methyl sites for hydroxylation is 1. The summed E-state index contributed by atoms with van der Waals surface area (Å²) in [5, 5.41) is 4.21. The van der Waals surface area contributed by atoms with Crippen LogP contribution in [0.15, 0.2) is 12.3 Å². The lowest BCUT2D eigenvalue weighted by Gasteiger charge is -2.09. The molecule has 6 heteroatoms. The van der Waals surface area contributed by atoms with Gasteiger partial charge in [0.2, 0.25) is 0 Å². The molecule has 0 saturated carbocycles. The number of rotatable bonds is 3. The molecule has 0 atom stereocenters. The van der Waals surface area contributed by atoms with Crippen LogP contribution in [0.25, 0.3) is 11.4 Å². The van der Waals surface area contributed by atoms with E-state index < -0.39 is 0 Å². The van der Waals surface area contributed by atoms with E-state index in [1.54, 1.807) is 10.9 Å². The van der Waals surface area contributed by atoms with Gasteiger partial charge >= 0.3 is 0 Å². The van der Waals surface area contributed by atoms with Crippen molar-refractivity contribution in [2.45, 2.75) is 26.7 Å². The van der Waals surface area contributed by atoms with Crippen molar-refractivity contribution >= 4 is 5.82 Å². The Morgan fingerprint density at radius 3 is 2.56 bits per heavy atom. The van der Waals surface area contributed by atoms with Crippen LogP contribution in [0, 0.1) is 6.92 Å². The maximum absolute atomic E-state index is 5.45.